The van der Waals surface area contributed by atoms with Crippen LogP contribution in [0.15, 0.2) is 0 Å². The van der Waals surface area contributed by atoms with Crippen molar-refractivity contribution in [1.29, 1.82) is 0 Å². The van der Waals surface area contributed by atoms with E-state index in [2.05, 4.69) is 26.1 Å². The van der Waals surface area contributed by atoms with E-state index < -0.39 is 0 Å². The molecule has 0 aliphatic heterocycles. The van der Waals surface area contributed by atoms with E-state index in [4.69, 9.17) is 4.74 Å². The maximum Gasteiger partial charge on any atom is 0.0728 e. The van der Waals surface area contributed by atoms with Gasteiger partial charge in [-0.05, 0) is 31.7 Å². The fourth-order valence-electron chi connectivity index (χ4n) is 3.31. The lowest BCUT2D eigenvalue weighted by Gasteiger charge is -2.29. The maximum atomic E-state index is 6.30. The minimum absolute atomic E-state index is 0.433. The van der Waals surface area contributed by atoms with Crippen LogP contribution in [0, 0.1) is 5.92 Å². The van der Waals surface area contributed by atoms with Gasteiger partial charge in [-0.2, -0.15) is 0 Å². The normalized spacial score (nSPS) is 26.3. The highest BCUT2D eigenvalue weighted by atomic mass is 16.5. The van der Waals surface area contributed by atoms with Crippen LogP contribution in [-0.4, -0.2) is 25.3 Å². The van der Waals surface area contributed by atoms with Gasteiger partial charge in [0.25, 0.3) is 0 Å². The molecular weight excluding hydrogens is 258 g/mol. The van der Waals surface area contributed by atoms with Crippen LogP contribution in [-0.2, 0) is 4.74 Å². The molecule has 2 unspecified atom stereocenters. The van der Waals surface area contributed by atoms with Gasteiger partial charge in [0, 0.05) is 12.6 Å². The third-order valence-electron chi connectivity index (χ3n) is 4.70. The van der Waals surface area contributed by atoms with E-state index in [0.29, 0.717) is 12.1 Å². The van der Waals surface area contributed by atoms with Crippen molar-refractivity contribution in [2.24, 2.45) is 5.92 Å². The van der Waals surface area contributed by atoms with Crippen LogP contribution < -0.4 is 5.32 Å². The smallest absolute Gasteiger partial charge is 0.0728 e. The van der Waals surface area contributed by atoms with Crippen molar-refractivity contribution in [1.82, 2.24) is 5.32 Å². The molecule has 1 N–H and O–H groups in total. The van der Waals surface area contributed by atoms with E-state index in [1.165, 1.54) is 70.6 Å². The van der Waals surface area contributed by atoms with E-state index in [1.54, 1.807) is 0 Å². The molecule has 21 heavy (non-hydrogen) atoms. The summed E-state index contributed by atoms with van der Waals surface area (Å²) in [4.78, 5) is 0. The lowest BCUT2D eigenvalue weighted by molar-refractivity contribution is 0.0114. The van der Waals surface area contributed by atoms with Crippen LogP contribution in [0.5, 0.6) is 0 Å². The summed E-state index contributed by atoms with van der Waals surface area (Å²) >= 11 is 0. The van der Waals surface area contributed by atoms with Crippen LogP contribution >= 0.6 is 0 Å². The second kappa shape index (κ2) is 12.5. The molecule has 0 saturated heterocycles. The molecule has 1 rings (SSSR count). The quantitative estimate of drug-likeness (QED) is 0.717. The Morgan fingerprint density at radius 2 is 1.48 bits per heavy atom. The first-order valence-electron chi connectivity index (χ1n) is 9.59. The van der Waals surface area contributed by atoms with Gasteiger partial charge in [0.2, 0.25) is 0 Å². The molecular formula is C19H39NO. The highest BCUT2D eigenvalue weighted by molar-refractivity contribution is 4.78. The van der Waals surface area contributed by atoms with Crippen LogP contribution in [0.2, 0.25) is 0 Å². The van der Waals surface area contributed by atoms with Gasteiger partial charge < -0.3 is 10.1 Å². The molecule has 0 bridgehead atoms. The van der Waals surface area contributed by atoms with Crippen molar-refractivity contribution in [2.45, 2.75) is 104 Å². The van der Waals surface area contributed by atoms with Crippen molar-refractivity contribution in [3.8, 4) is 0 Å². The minimum atomic E-state index is 0.433. The lowest BCUT2D eigenvalue weighted by Crippen LogP contribution is -2.41. The fraction of sp³-hybridized carbons (Fsp3) is 1.00. The average Bonchev–Trinajstić information content (AvgIpc) is 2.44. The van der Waals surface area contributed by atoms with Crippen LogP contribution in [0.1, 0.15) is 91.4 Å². The number of hydrogen-bond donors (Lipinski definition) is 1. The summed E-state index contributed by atoms with van der Waals surface area (Å²) in [6.45, 7) is 8.79. The highest BCUT2D eigenvalue weighted by Crippen LogP contribution is 2.20. The number of ether oxygens (including phenoxy) is 1. The Morgan fingerprint density at radius 3 is 2.05 bits per heavy atom. The first kappa shape index (κ1) is 19.0. The van der Waals surface area contributed by atoms with Crippen molar-refractivity contribution in [2.75, 3.05) is 13.2 Å². The van der Waals surface area contributed by atoms with Crippen molar-refractivity contribution in [3.05, 3.63) is 0 Å². The zero-order valence-electron chi connectivity index (χ0n) is 14.8. The Morgan fingerprint density at radius 1 is 0.905 bits per heavy atom. The van der Waals surface area contributed by atoms with Crippen molar-refractivity contribution >= 4 is 0 Å². The van der Waals surface area contributed by atoms with Gasteiger partial charge in [0.05, 0.1) is 6.10 Å². The monoisotopic (exact) mass is 297 g/mol. The third-order valence-corrected chi connectivity index (χ3v) is 4.70. The van der Waals surface area contributed by atoms with Gasteiger partial charge in [-0.15, -0.1) is 0 Å². The van der Waals surface area contributed by atoms with E-state index in [-0.39, 0.29) is 0 Å². The minimum Gasteiger partial charge on any atom is -0.377 e. The Kier molecular flexibility index (Phi) is 11.3. The topological polar surface area (TPSA) is 21.3 Å². The number of rotatable bonds is 6. The van der Waals surface area contributed by atoms with E-state index in [1.807, 2.05) is 0 Å². The molecule has 126 valence electrons. The maximum absolute atomic E-state index is 6.30. The van der Waals surface area contributed by atoms with Gasteiger partial charge in [-0.1, -0.05) is 72.1 Å². The van der Waals surface area contributed by atoms with Crippen LogP contribution in [0.3, 0.4) is 0 Å². The summed E-state index contributed by atoms with van der Waals surface area (Å²) in [5, 5.41) is 3.70. The zero-order chi connectivity index (χ0) is 15.3. The summed E-state index contributed by atoms with van der Waals surface area (Å²) in [7, 11) is 0. The zero-order valence-corrected chi connectivity index (χ0v) is 14.8. The van der Waals surface area contributed by atoms with E-state index in [9.17, 15) is 0 Å². The molecule has 0 radical (unpaired) electrons. The van der Waals surface area contributed by atoms with Gasteiger partial charge in [-0.25, -0.2) is 0 Å². The van der Waals surface area contributed by atoms with E-state index in [0.717, 1.165) is 19.1 Å². The molecule has 0 aromatic rings. The van der Waals surface area contributed by atoms with E-state index >= 15 is 0 Å². The Balaban J connectivity index is 2.48. The van der Waals surface area contributed by atoms with Gasteiger partial charge in [0.15, 0.2) is 0 Å². The largest absolute Gasteiger partial charge is 0.377 e. The molecule has 1 aliphatic rings. The molecule has 1 saturated carbocycles. The molecule has 0 amide bonds. The standard InChI is InChI=1S/C19H39NO/c1-4-20-18-13-11-9-7-5-6-8-10-12-14-19(18)21-16-15-17(2)3/h17-20H,4-16H2,1-3H3. The second-order valence-electron chi connectivity index (χ2n) is 7.16. The average molecular weight is 298 g/mol. The van der Waals surface area contributed by atoms with Gasteiger partial charge in [0.1, 0.15) is 0 Å². The molecule has 0 heterocycles. The van der Waals surface area contributed by atoms with Crippen LogP contribution in [0.25, 0.3) is 0 Å². The fourth-order valence-corrected chi connectivity index (χ4v) is 3.31. The molecule has 0 aromatic heterocycles. The Hall–Kier alpha value is -0.0800. The number of hydrogen-bond acceptors (Lipinski definition) is 2. The van der Waals surface area contributed by atoms with Crippen molar-refractivity contribution < 1.29 is 4.74 Å². The molecule has 0 aromatic carbocycles. The summed E-state index contributed by atoms with van der Waals surface area (Å²) in [5.74, 6) is 0.744. The predicted octanol–water partition coefficient (Wildman–Crippen LogP) is 5.31. The molecule has 2 atom stereocenters. The van der Waals surface area contributed by atoms with Crippen molar-refractivity contribution in [3.63, 3.8) is 0 Å². The third kappa shape index (κ3) is 9.52. The van der Waals surface area contributed by atoms with Crippen LogP contribution in [0.4, 0.5) is 0 Å². The summed E-state index contributed by atoms with van der Waals surface area (Å²) in [6, 6.07) is 0.571. The van der Waals surface area contributed by atoms with Gasteiger partial charge >= 0.3 is 0 Å². The Labute approximate surface area is 133 Å². The lowest BCUT2D eigenvalue weighted by atomic mass is 9.95. The summed E-state index contributed by atoms with van der Waals surface area (Å²) in [6.07, 6.45) is 15.4. The first-order valence-corrected chi connectivity index (χ1v) is 9.59. The molecule has 1 aliphatic carbocycles. The molecule has 2 nitrogen and oxygen atoms in total. The second-order valence-corrected chi connectivity index (χ2v) is 7.16. The number of nitrogens with one attached hydrogen (secondary N) is 1. The highest BCUT2D eigenvalue weighted by Gasteiger charge is 2.21. The SMILES string of the molecule is CCNC1CCCCCCCCCCC1OCCC(C)C. The molecule has 1 fully saturated rings. The summed E-state index contributed by atoms with van der Waals surface area (Å²) < 4.78 is 6.30. The first-order chi connectivity index (χ1) is 10.2. The molecule has 0 spiro atoms. The Bertz CT molecular complexity index is 230. The summed E-state index contributed by atoms with van der Waals surface area (Å²) in [5.41, 5.74) is 0. The predicted molar refractivity (Wildman–Crippen MR) is 92.8 cm³/mol. The molecule has 2 heteroatoms. The number of likely N-dealkylation sites (N-methyl/N-ethyl adjacent to an activating group) is 1. The van der Waals surface area contributed by atoms with Gasteiger partial charge in [-0.3, -0.25) is 0 Å².